The molecule has 4 heterocycles. The van der Waals surface area contributed by atoms with Gasteiger partial charge in [-0.3, -0.25) is 0 Å². The Bertz CT molecular complexity index is 4230. The first-order valence-electron chi connectivity index (χ1n) is 21.2. The maximum atomic E-state index is 6.68. The van der Waals surface area contributed by atoms with Gasteiger partial charge in [0.2, 0.25) is 0 Å². The average Bonchev–Trinajstić information content (AvgIpc) is 4.02. The number of furan rings is 1. The summed E-state index contributed by atoms with van der Waals surface area (Å²) in [5.74, 6) is 1.81. The molecule has 0 saturated carbocycles. The molecule has 5 nitrogen and oxygen atoms in total. The van der Waals surface area contributed by atoms with Crippen LogP contribution in [0.2, 0.25) is 0 Å². The molecule has 0 atom stereocenters. The molecule has 6 heteroatoms. The first-order valence-corrected chi connectivity index (χ1v) is 22.0. The van der Waals surface area contributed by atoms with Crippen molar-refractivity contribution in [3.8, 4) is 39.9 Å². The van der Waals surface area contributed by atoms with Gasteiger partial charge in [0.1, 0.15) is 11.2 Å². The molecule has 0 aliphatic heterocycles. The fourth-order valence-corrected chi connectivity index (χ4v) is 11.1. The van der Waals surface area contributed by atoms with Gasteiger partial charge in [0.05, 0.1) is 22.1 Å². The molecule has 10 aromatic carbocycles. The van der Waals surface area contributed by atoms with Gasteiger partial charge in [-0.25, -0.2) is 15.0 Å². The molecule has 0 N–H and O–H groups in total. The minimum Gasteiger partial charge on any atom is -0.456 e. The summed E-state index contributed by atoms with van der Waals surface area (Å²) in [6, 6.07) is 69.1. The van der Waals surface area contributed by atoms with E-state index < -0.39 is 0 Å². The molecule has 292 valence electrons. The van der Waals surface area contributed by atoms with E-state index in [9.17, 15) is 0 Å². The Morgan fingerprint density at radius 3 is 1.87 bits per heavy atom. The fourth-order valence-electron chi connectivity index (χ4n) is 9.96. The van der Waals surface area contributed by atoms with Crippen LogP contribution in [-0.4, -0.2) is 19.5 Å². The Morgan fingerprint density at radius 1 is 0.365 bits per heavy atom. The minimum atomic E-state index is 0.582. The number of nitrogens with zero attached hydrogens (tertiary/aromatic N) is 4. The SMILES string of the molecule is c1ccc2cc3c(cc2c1)c1c2ccccc2ccc1n3-c1c(-c2nc(-c3ccc4c(c3)sc3ccccc34)nc(-c3cccc4ccccc34)n2)ccc2oc3ccccc3c12. The standard InChI is InChI=1S/C57H32N4OS/c1-2-15-36-31-47-45(30-35(36)14-1)52-39-18-6-4-13-34(39)25-28-46(52)61(47)54-44(27-29-49-53(54)43-20-7-9-22-48(43)62-49)57-59-55(37-24-26-41-40-19-8-10-23-50(40)63-51(41)32-37)58-56(60-57)42-21-11-16-33-12-3-5-17-38(33)42/h1-32H. The van der Waals surface area contributed by atoms with Crippen LogP contribution in [0.5, 0.6) is 0 Å². The third-order valence-electron chi connectivity index (χ3n) is 12.8. The summed E-state index contributed by atoms with van der Waals surface area (Å²) in [6.45, 7) is 0. The van der Waals surface area contributed by atoms with Gasteiger partial charge in [-0.05, 0) is 80.8 Å². The molecule has 0 bridgehead atoms. The van der Waals surface area contributed by atoms with Gasteiger partial charge in [-0.1, -0.05) is 146 Å². The van der Waals surface area contributed by atoms with Crippen LogP contribution in [0.25, 0.3) is 136 Å². The minimum absolute atomic E-state index is 0.582. The Balaban J connectivity index is 1.13. The number of benzene rings is 10. The first kappa shape index (κ1) is 34.5. The first-order chi connectivity index (χ1) is 31.2. The van der Waals surface area contributed by atoms with Crippen molar-refractivity contribution in [1.29, 1.82) is 0 Å². The molecule has 0 saturated heterocycles. The van der Waals surface area contributed by atoms with Crippen LogP contribution < -0.4 is 0 Å². The van der Waals surface area contributed by atoms with Gasteiger partial charge in [-0.2, -0.15) is 0 Å². The van der Waals surface area contributed by atoms with Crippen molar-refractivity contribution in [2.24, 2.45) is 0 Å². The molecule has 0 amide bonds. The Morgan fingerprint density at radius 2 is 1.02 bits per heavy atom. The lowest BCUT2D eigenvalue weighted by Crippen LogP contribution is -2.04. The van der Waals surface area contributed by atoms with Crippen LogP contribution in [0, 0.1) is 0 Å². The zero-order valence-corrected chi connectivity index (χ0v) is 34.4. The molecular weight excluding hydrogens is 789 g/mol. The van der Waals surface area contributed by atoms with Gasteiger partial charge in [0.15, 0.2) is 17.5 Å². The second-order valence-electron chi connectivity index (χ2n) is 16.3. The molecule has 0 spiro atoms. The lowest BCUT2D eigenvalue weighted by atomic mass is 10.0. The molecule has 0 fully saturated rings. The van der Waals surface area contributed by atoms with Gasteiger partial charge >= 0.3 is 0 Å². The number of para-hydroxylation sites is 1. The Hall–Kier alpha value is -8.19. The van der Waals surface area contributed by atoms with E-state index in [1.807, 2.05) is 6.07 Å². The van der Waals surface area contributed by atoms with Crippen LogP contribution in [0.4, 0.5) is 0 Å². The molecule has 0 aliphatic carbocycles. The second kappa shape index (κ2) is 13.2. The van der Waals surface area contributed by atoms with Gasteiger partial charge in [0, 0.05) is 53.0 Å². The second-order valence-corrected chi connectivity index (χ2v) is 17.4. The topological polar surface area (TPSA) is 56.7 Å². The summed E-state index contributed by atoms with van der Waals surface area (Å²) in [4.78, 5) is 16.3. The van der Waals surface area contributed by atoms with Crippen molar-refractivity contribution in [2.75, 3.05) is 0 Å². The highest BCUT2D eigenvalue weighted by Gasteiger charge is 2.26. The van der Waals surface area contributed by atoms with Crippen LogP contribution >= 0.6 is 11.3 Å². The number of rotatable bonds is 4. The monoisotopic (exact) mass is 820 g/mol. The zero-order chi connectivity index (χ0) is 41.2. The predicted octanol–water partition coefficient (Wildman–Crippen LogP) is 15.7. The van der Waals surface area contributed by atoms with E-state index in [0.717, 1.165) is 66.1 Å². The largest absolute Gasteiger partial charge is 0.456 e. The van der Waals surface area contributed by atoms with Gasteiger partial charge < -0.3 is 8.98 Å². The highest BCUT2D eigenvalue weighted by Crippen LogP contribution is 2.46. The van der Waals surface area contributed by atoms with Crippen LogP contribution in [0.3, 0.4) is 0 Å². The summed E-state index contributed by atoms with van der Waals surface area (Å²) >= 11 is 1.80. The van der Waals surface area contributed by atoms with Crippen molar-refractivity contribution in [3.05, 3.63) is 194 Å². The Kier molecular flexibility index (Phi) is 7.21. The molecule has 0 radical (unpaired) electrons. The van der Waals surface area contributed by atoms with Gasteiger partial charge in [0.25, 0.3) is 0 Å². The number of aromatic nitrogens is 4. The van der Waals surface area contributed by atoms with Crippen molar-refractivity contribution in [3.63, 3.8) is 0 Å². The van der Waals surface area contributed by atoms with E-state index in [2.05, 4.69) is 193 Å². The van der Waals surface area contributed by atoms with Crippen molar-refractivity contribution < 1.29 is 4.42 Å². The zero-order valence-electron chi connectivity index (χ0n) is 33.6. The van der Waals surface area contributed by atoms with E-state index >= 15 is 0 Å². The van der Waals surface area contributed by atoms with Crippen molar-refractivity contribution in [2.45, 2.75) is 0 Å². The van der Waals surface area contributed by atoms with Crippen LogP contribution in [0.1, 0.15) is 0 Å². The lowest BCUT2D eigenvalue weighted by molar-refractivity contribution is 0.669. The van der Waals surface area contributed by atoms with Crippen LogP contribution in [0.15, 0.2) is 199 Å². The quantitative estimate of drug-likeness (QED) is 0.177. The molecule has 0 unspecified atom stereocenters. The normalized spacial score (nSPS) is 12.1. The van der Waals surface area contributed by atoms with E-state index in [1.54, 1.807) is 11.3 Å². The summed E-state index contributed by atoms with van der Waals surface area (Å²) in [6.07, 6.45) is 0. The van der Waals surface area contributed by atoms with Crippen LogP contribution in [-0.2, 0) is 0 Å². The summed E-state index contributed by atoms with van der Waals surface area (Å²) in [7, 11) is 0. The molecule has 4 aromatic heterocycles. The highest BCUT2D eigenvalue weighted by atomic mass is 32.1. The summed E-state index contributed by atoms with van der Waals surface area (Å²) in [5.41, 5.74) is 7.54. The number of hydrogen-bond acceptors (Lipinski definition) is 5. The van der Waals surface area contributed by atoms with E-state index in [-0.39, 0.29) is 0 Å². The van der Waals surface area contributed by atoms with E-state index in [4.69, 9.17) is 19.4 Å². The fraction of sp³-hybridized carbons (Fsp3) is 0. The number of hydrogen-bond donors (Lipinski definition) is 0. The third kappa shape index (κ3) is 5.13. The number of thiophene rings is 1. The third-order valence-corrected chi connectivity index (χ3v) is 13.9. The average molecular weight is 821 g/mol. The smallest absolute Gasteiger partial charge is 0.166 e. The molecule has 63 heavy (non-hydrogen) atoms. The molecule has 0 aliphatic rings. The van der Waals surface area contributed by atoms with Gasteiger partial charge in [-0.15, -0.1) is 11.3 Å². The lowest BCUT2D eigenvalue weighted by Gasteiger charge is -2.16. The van der Waals surface area contributed by atoms with E-state index in [1.165, 1.54) is 52.5 Å². The number of fused-ring (bicyclic) bond motifs is 13. The van der Waals surface area contributed by atoms with Crippen molar-refractivity contribution in [1.82, 2.24) is 19.5 Å². The van der Waals surface area contributed by atoms with E-state index in [0.29, 0.717) is 17.5 Å². The maximum absolute atomic E-state index is 6.68. The molecular formula is C57H32N4OS. The molecule has 14 aromatic rings. The maximum Gasteiger partial charge on any atom is 0.166 e. The molecule has 14 rings (SSSR count). The highest BCUT2D eigenvalue weighted by molar-refractivity contribution is 7.25. The summed E-state index contributed by atoms with van der Waals surface area (Å²) < 4.78 is 11.6. The predicted molar refractivity (Wildman–Crippen MR) is 263 cm³/mol. The summed E-state index contributed by atoms with van der Waals surface area (Å²) in [5, 5.41) is 13.9. The Labute approximate surface area is 363 Å². The van der Waals surface area contributed by atoms with Crippen molar-refractivity contribution >= 4 is 108 Å².